The third kappa shape index (κ3) is 1.92. The predicted molar refractivity (Wildman–Crippen MR) is 101 cm³/mol. The maximum atomic E-state index is 16.8. The van der Waals surface area contributed by atoms with Crippen LogP contribution in [0.2, 0.25) is 0 Å². The highest BCUT2D eigenvalue weighted by Crippen LogP contribution is 2.70. The lowest BCUT2D eigenvalue weighted by Crippen LogP contribution is -2.68. The highest BCUT2D eigenvalue weighted by atomic mass is 32.2. The summed E-state index contributed by atoms with van der Waals surface area (Å²) in [4.78, 5) is 11.8. The van der Waals surface area contributed by atoms with Gasteiger partial charge in [-0.05, 0) is 69.4 Å². The first-order chi connectivity index (χ1) is 12.0. The summed E-state index contributed by atoms with van der Waals surface area (Å²) in [5.74, 6) is -0.264. The van der Waals surface area contributed by atoms with Crippen molar-refractivity contribution in [3.63, 3.8) is 0 Å². The van der Waals surface area contributed by atoms with Crippen molar-refractivity contribution in [2.24, 2.45) is 22.7 Å². The number of allylic oxidation sites excluding steroid dienone is 4. The molecule has 3 saturated carbocycles. The molecular weight excluding hydrogens is 351 g/mol. The minimum Gasteiger partial charge on any atom is -0.390 e. The van der Waals surface area contributed by atoms with Crippen molar-refractivity contribution in [2.45, 2.75) is 69.4 Å². The van der Waals surface area contributed by atoms with Crippen LogP contribution in [0.3, 0.4) is 0 Å². The molecule has 2 unspecified atom stereocenters. The molecule has 4 aliphatic carbocycles. The van der Waals surface area contributed by atoms with Crippen molar-refractivity contribution < 1.29 is 18.5 Å². The molecule has 0 amide bonds. The largest absolute Gasteiger partial charge is 0.390 e. The minimum atomic E-state index is -1.78. The van der Waals surface area contributed by atoms with Crippen LogP contribution in [0, 0.1) is 22.7 Å². The zero-order valence-electron chi connectivity index (χ0n) is 16.0. The lowest BCUT2D eigenvalue weighted by molar-refractivity contribution is -0.192. The van der Waals surface area contributed by atoms with E-state index in [-0.39, 0.29) is 23.0 Å². The van der Waals surface area contributed by atoms with Gasteiger partial charge in [0.25, 0.3) is 0 Å². The summed E-state index contributed by atoms with van der Waals surface area (Å²) >= 11 is 0. The Morgan fingerprint density at radius 2 is 1.92 bits per heavy atom. The molecule has 4 aliphatic rings. The molecule has 1 N–H and O–H groups in total. The summed E-state index contributed by atoms with van der Waals surface area (Å²) in [7, 11) is -1.03. The number of alkyl halides is 1. The second-order valence-corrected chi connectivity index (χ2v) is 11.3. The van der Waals surface area contributed by atoms with Gasteiger partial charge < -0.3 is 5.11 Å². The smallest absolute Gasteiger partial charge is 0.178 e. The zero-order valence-corrected chi connectivity index (χ0v) is 16.9. The van der Waals surface area contributed by atoms with E-state index in [1.165, 1.54) is 6.08 Å². The lowest BCUT2D eigenvalue weighted by Gasteiger charge is -2.63. The maximum Gasteiger partial charge on any atom is 0.178 e. The topological polar surface area (TPSA) is 54.4 Å². The fourth-order valence-electron chi connectivity index (χ4n) is 6.89. The third-order valence-corrected chi connectivity index (χ3v) is 10.7. The van der Waals surface area contributed by atoms with E-state index >= 15 is 4.39 Å². The van der Waals surface area contributed by atoms with Crippen LogP contribution in [0.15, 0.2) is 23.8 Å². The molecule has 26 heavy (non-hydrogen) atoms. The first kappa shape index (κ1) is 18.5. The van der Waals surface area contributed by atoms with Gasteiger partial charge in [0.1, 0.15) is 0 Å². The molecule has 0 aromatic rings. The van der Waals surface area contributed by atoms with Crippen molar-refractivity contribution in [3.05, 3.63) is 23.8 Å². The summed E-state index contributed by atoms with van der Waals surface area (Å²) in [5, 5.41) is 11.1. The molecule has 0 spiro atoms. The normalized spacial score (nSPS) is 54.2. The molecule has 0 aromatic carbocycles. The third-order valence-electron chi connectivity index (χ3n) is 8.81. The number of ketones is 1. The van der Waals surface area contributed by atoms with Gasteiger partial charge in [-0.25, -0.2) is 4.39 Å². The first-order valence-corrected chi connectivity index (χ1v) is 11.2. The zero-order chi connectivity index (χ0) is 19.1. The van der Waals surface area contributed by atoms with Gasteiger partial charge in [-0.2, -0.15) is 0 Å². The van der Waals surface area contributed by atoms with Gasteiger partial charge in [0, 0.05) is 33.1 Å². The minimum absolute atomic E-state index is 0.0931. The van der Waals surface area contributed by atoms with Crippen LogP contribution in [0.25, 0.3) is 0 Å². The number of carbonyl (C=O) groups excluding carboxylic acids is 1. The second kappa shape index (κ2) is 5.38. The van der Waals surface area contributed by atoms with Gasteiger partial charge >= 0.3 is 0 Å². The number of carbonyl (C=O) groups is 1. The molecule has 0 radical (unpaired) electrons. The van der Waals surface area contributed by atoms with Gasteiger partial charge in [0.15, 0.2) is 11.5 Å². The van der Waals surface area contributed by atoms with Crippen molar-refractivity contribution in [2.75, 3.05) is 6.26 Å². The Morgan fingerprint density at radius 3 is 2.58 bits per heavy atom. The molecule has 4 rings (SSSR count). The van der Waals surface area contributed by atoms with Crippen LogP contribution in [-0.4, -0.2) is 37.9 Å². The Hall–Kier alpha value is -0.810. The van der Waals surface area contributed by atoms with Gasteiger partial charge in [0.05, 0.1) is 6.10 Å². The molecule has 0 heterocycles. The molecule has 3 fully saturated rings. The molecule has 144 valence electrons. The van der Waals surface area contributed by atoms with Crippen LogP contribution in [-0.2, 0) is 15.6 Å². The number of hydrogen-bond donors (Lipinski definition) is 1. The fourth-order valence-corrected chi connectivity index (χ4v) is 8.18. The number of aliphatic hydroxyl groups excluding tert-OH is 1. The molecular formula is C21H29FO3S. The molecule has 5 heteroatoms. The van der Waals surface area contributed by atoms with E-state index in [0.29, 0.717) is 19.3 Å². The monoisotopic (exact) mass is 380 g/mol. The number of fused-ring (bicyclic) bond motifs is 5. The lowest BCUT2D eigenvalue weighted by atomic mass is 9.45. The average Bonchev–Trinajstić information content (AvgIpc) is 2.83. The Labute approximate surface area is 157 Å². The SMILES string of the molecule is CS(=O)[C@@]1(C)CC[C@H]2[C@@H]3CCC4=CC(=O)C=C[C@]4(C)C3(F)[C@@H](O)C[C@@]21C. The van der Waals surface area contributed by atoms with E-state index in [0.717, 1.165) is 18.4 Å². The first-order valence-electron chi connectivity index (χ1n) is 9.65. The number of rotatable bonds is 1. The number of hydrogen-bond acceptors (Lipinski definition) is 3. The maximum absolute atomic E-state index is 16.8. The van der Waals surface area contributed by atoms with E-state index in [4.69, 9.17) is 0 Å². The van der Waals surface area contributed by atoms with Crippen molar-refractivity contribution in [3.8, 4) is 0 Å². The highest BCUT2D eigenvalue weighted by Gasteiger charge is 2.72. The Bertz CT molecular complexity index is 760. The van der Waals surface area contributed by atoms with Gasteiger partial charge in [-0.1, -0.05) is 18.6 Å². The molecule has 0 aliphatic heterocycles. The van der Waals surface area contributed by atoms with Crippen LogP contribution in [0.4, 0.5) is 4.39 Å². The van der Waals surface area contributed by atoms with Crippen molar-refractivity contribution in [1.82, 2.24) is 0 Å². The van der Waals surface area contributed by atoms with Crippen LogP contribution >= 0.6 is 0 Å². The second-order valence-electron chi connectivity index (χ2n) is 9.49. The highest BCUT2D eigenvalue weighted by molar-refractivity contribution is 7.85. The predicted octanol–water partition coefficient (Wildman–Crippen LogP) is 3.49. The standard InChI is InChI=1S/C21H29FO3S/c1-18-9-7-14(23)11-13(18)5-6-16-15-8-10-20(3,26(4)25)19(15,2)12-17(24)21(16,18)22/h7,9,11,15-17,24H,5-6,8,10,12H2,1-4H3/t15-,16-,17-,18-,19-,20-,21?,26?/m0/s1. The summed E-state index contributed by atoms with van der Waals surface area (Å²) in [6.45, 7) is 6.00. The number of aliphatic hydroxyl groups is 1. The Morgan fingerprint density at radius 1 is 1.23 bits per heavy atom. The molecule has 0 bridgehead atoms. The van der Waals surface area contributed by atoms with Gasteiger partial charge in [0.2, 0.25) is 0 Å². The summed E-state index contributed by atoms with van der Waals surface area (Å²) in [5.41, 5.74) is -2.24. The quantitative estimate of drug-likeness (QED) is 0.758. The van der Waals surface area contributed by atoms with Crippen LogP contribution in [0.5, 0.6) is 0 Å². The van der Waals surface area contributed by atoms with Crippen LogP contribution in [0.1, 0.15) is 52.9 Å². The van der Waals surface area contributed by atoms with E-state index in [9.17, 15) is 14.1 Å². The molecule has 3 nitrogen and oxygen atoms in total. The molecule has 8 atom stereocenters. The Kier molecular flexibility index (Phi) is 3.84. The molecule has 0 saturated heterocycles. The van der Waals surface area contributed by atoms with Crippen molar-refractivity contribution in [1.29, 1.82) is 0 Å². The van der Waals surface area contributed by atoms with E-state index in [2.05, 4.69) is 13.8 Å². The van der Waals surface area contributed by atoms with Gasteiger partial charge in [-0.3, -0.25) is 9.00 Å². The number of halogens is 1. The molecule has 0 aromatic heterocycles. The summed E-state index contributed by atoms with van der Waals surface area (Å²) < 4.78 is 29.0. The van der Waals surface area contributed by atoms with E-state index < -0.39 is 32.7 Å². The van der Waals surface area contributed by atoms with Crippen molar-refractivity contribution >= 4 is 16.6 Å². The fraction of sp³-hybridized carbons (Fsp3) is 0.762. The van der Waals surface area contributed by atoms with Gasteiger partial charge in [-0.15, -0.1) is 0 Å². The van der Waals surface area contributed by atoms with E-state index in [1.54, 1.807) is 18.4 Å². The summed E-state index contributed by atoms with van der Waals surface area (Å²) in [6.07, 6.45) is 8.65. The Balaban J connectivity index is 1.83. The average molecular weight is 381 g/mol. The van der Waals surface area contributed by atoms with Crippen LogP contribution < -0.4 is 0 Å². The summed E-state index contributed by atoms with van der Waals surface area (Å²) in [6, 6.07) is 0. The van der Waals surface area contributed by atoms with E-state index in [1.807, 2.05) is 6.92 Å².